The van der Waals surface area contributed by atoms with Crippen molar-refractivity contribution in [3.8, 4) is 16.9 Å². The molecule has 3 heteroatoms. The molecule has 0 fully saturated rings. The Balaban J connectivity index is 2.31. The normalized spacial score (nSPS) is 10.6. The molecular formula is C21H26O3. The summed E-state index contributed by atoms with van der Waals surface area (Å²) >= 11 is 0. The van der Waals surface area contributed by atoms with E-state index >= 15 is 0 Å². The van der Waals surface area contributed by atoms with Gasteiger partial charge >= 0.3 is 6.16 Å². The minimum absolute atomic E-state index is 0.407. The van der Waals surface area contributed by atoms with Gasteiger partial charge < -0.3 is 9.84 Å². The van der Waals surface area contributed by atoms with E-state index in [0.29, 0.717) is 5.75 Å². The molecule has 0 radical (unpaired) electrons. The minimum atomic E-state index is -1.28. The Hall–Kier alpha value is -2.29. The molecule has 0 saturated heterocycles. The molecule has 24 heavy (non-hydrogen) atoms. The van der Waals surface area contributed by atoms with Crippen LogP contribution in [0.3, 0.4) is 0 Å². The lowest BCUT2D eigenvalue weighted by molar-refractivity contribution is 0.144. The Morgan fingerprint density at radius 3 is 2.42 bits per heavy atom. The van der Waals surface area contributed by atoms with Crippen molar-refractivity contribution >= 4 is 6.16 Å². The molecule has 128 valence electrons. The Morgan fingerprint density at radius 2 is 1.71 bits per heavy atom. The first-order chi connectivity index (χ1) is 11.5. The van der Waals surface area contributed by atoms with E-state index in [9.17, 15) is 4.79 Å². The van der Waals surface area contributed by atoms with Crippen LogP contribution in [-0.2, 0) is 6.42 Å². The first-order valence-corrected chi connectivity index (χ1v) is 8.63. The number of benzene rings is 2. The van der Waals surface area contributed by atoms with Gasteiger partial charge in [0.25, 0.3) is 0 Å². The summed E-state index contributed by atoms with van der Waals surface area (Å²) in [4.78, 5) is 10.8. The molecule has 0 aromatic heterocycles. The summed E-state index contributed by atoms with van der Waals surface area (Å²) in [5.74, 6) is 0.407. The fraction of sp³-hybridized carbons (Fsp3) is 0.381. The number of rotatable bonds is 7. The zero-order valence-electron chi connectivity index (χ0n) is 14.8. The smallest absolute Gasteiger partial charge is 0.449 e. The predicted molar refractivity (Wildman–Crippen MR) is 97.9 cm³/mol. The van der Waals surface area contributed by atoms with Gasteiger partial charge in [0.1, 0.15) is 5.75 Å². The SMILES string of the molecule is CCCCCCc1ccccc1-c1ccc(OC(=O)O)c(C)c1C. The average molecular weight is 326 g/mol. The third kappa shape index (κ3) is 4.38. The van der Waals surface area contributed by atoms with Gasteiger partial charge in [0.05, 0.1) is 0 Å². The molecule has 2 aromatic rings. The van der Waals surface area contributed by atoms with Crippen molar-refractivity contribution in [1.82, 2.24) is 0 Å². The lowest BCUT2D eigenvalue weighted by atomic mass is 9.91. The molecule has 1 N–H and O–H groups in total. The van der Waals surface area contributed by atoms with E-state index in [-0.39, 0.29) is 0 Å². The van der Waals surface area contributed by atoms with Gasteiger partial charge in [-0.05, 0) is 60.6 Å². The molecule has 3 nitrogen and oxygen atoms in total. The summed E-state index contributed by atoms with van der Waals surface area (Å²) < 4.78 is 4.86. The zero-order valence-corrected chi connectivity index (χ0v) is 14.8. The van der Waals surface area contributed by atoms with Crippen LogP contribution in [0.1, 0.15) is 49.3 Å². The number of unbranched alkanes of at least 4 members (excludes halogenated alkanes) is 3. The number of aryl methyl sites for hydroxylation is 1. The van der Waals surface area contributed by atoms with E-state index in [1.54, 1.807) is 6.07 Å². The minimum Gasteiger partial charge on any atom is -0.449 e. The van der Waals surface area contributed by atoms with Crippen molar-refractivity contribution in [1.29, 1.82) is 0 Å². The fourth-order valence-corrected chi connectivity index (χ4v) is 3.04. The van der Waals surface area contributed by atoms with Crippen LogP contribution in [0.5, 0.6) is 5.75 Å². The topological polar surface area (TPSA) is 46.5 Å². The number of carbonyl (C=O) groups is 1. The van der Waals surface area contributed by atoms with Crippen LogP contribution < -0.4 is 4.74 Å². The van der Waals surface area contributed by atoms with Crippen LogP contribution >= 0.6 is 0 Å². The van der Waals surface area contributed by atoms with Gasteiger partial charge in [-0.15, -0.1) is 0 Å². The van der Waals surface area contributed by atoms with Crippen molar-refractivity contribution in [3.63, 3.8) is 0 Å². The lowest BCUT2D eigenvalue weighted by Gasteiger charge is -2.15. The van der Waals surface area contributed by atoms with E-state index in [4.69, 9.17) is 9.84 Å². The highest BCUT2D eigenvalue weighted by atomic mass is 16.7. The lowest BCUT2D eigenvalue weighted by Crippen LogP contribution is -2.05. The van der Waals surface area contributed by atoms with Gasteiger partial charge in [0, 0.05) is 0 Å². The molecule has 0 aliphatic rings. The number of hydrogen-bond donors (Lipinski definition) is 1. The van der Waals surface area contributed by atoms with Gasteiger partial charge in [-0.1, -0.05) is 56.5 Å². The van der Waals surface area contributed by atoms with E-state index < -0.39 is 6.16 Å². The van der Waals surface area contributed by atoms with Crippen LogP contribution in [0, 0.1) is 13.8 Å². The first-order valence-electron chi connectivity index (χ1n) is 8.63. The molecule has 0 bridgehead atoms. The Bertz CT molecular complexity index is 704. The number of carboxylic acid groups (broad SMARTS) is 1. The molecule has 0 amide bonds. The maximum absolute atomic E-state index is 10.8. The highest BCUT2D eigenvalue weighted by Gasteiger charge is 2.13. The van der Waals surface area contributed by atoms with E-state index in [1.165, 1.54) is 36.8 Å². The zero-order chi connectivity index (χ0) is 17.5. The second kappa shape index (κ2) is 8.53. The van der Waals surface area contributed by atoms with Crippen molar-refractivity contribution in [2.45, 2.75) is 52.9 Å². The van der Waals surface area contributed by atoms with Crippen LogP contribution in [-0.4, -0.2) is 11.3 Å². The van der Waals surface area contributed by atoms with Crippen molar-refractivity contribution < 1.29 is 14.6 Å². The van der Waals surface area contributed by atoms with Crippen molar-refractivity contribution in [2.75, 3.05) is 0 Å². The standard InChI is InChI=1S/C21H26O3/c1-4-5-6-7-10-17-11-8-9-12-19(17)18-13-14-20(24-21(22)23)16(3)15(18)2/h8-9,11-14H,4-7,10H2,1-3H3,(H,22,23). The summed E-state index contributed by atoms with van der Waals surface area (Å²) in [7, 11) is 0. The monoisotopic (exact) mass is 326 g/mol. The number of ether oxygens (including phenoxy) is 1. The summed E-state index contributed by atoms with van der Waals surface area (Å²) in [6.45, 7) is 6.15. The Labute approximate surface area is 144 Å². The maximum Gasteiger partial charge on any atom is 0.511 e. The number of hydrogen-bond acceptors (Lipinski definition) is 2. The van der Waals surface area contributed by atoms with E-state index in [2.05, 4.69) is 31.2 Å². The molecule has 0 unspecified atom stereocenters. The summed E-state index contributed by atoms with van der Waals surface area (Å²) in [5, 5.41) is 8.83. The third-order valence-corrected chi connectivity index (χ3v) is 4.54. The quantitative estimate of drug-likeness (QED) is 0.377. The van der Waals surface area contributed by atoms with Crippen molar-refractivity contribution in [2.24, 2.45) is 0 Å². The molecule has 0 aliphatic carbocycles. The molecule has 0 saturated carbocycles. The van der Waals surface area contributed by atoms with Crippen LogP contribution in [0.25, 0.3) is 11.1 Å². The van der Waals surface area contributed by atoms with Crippen LogP contribution in [0.15, 0.2) is 36.4 Å². The molecule has 0 heterocycles. The summed E-state index contributed by atoms with van der Waals surface area (Å²) in [6.07, 6.45) is 4.77. The van der Waals surface area contributed by atoms with Crippen LogP contribution in [0.2, 0.25) is 0 Å². The van der Waals surface area contributed by atoms with Crippen LogP contribution in [0.4, 0.5) is 4.79 Å². The largest absolute Gasteiger partial charge is 0.511 e. The van der Waals surface area contributed by atoms with Gasteiger partial charge in [-0.25, -0.2) is 4.79 Å². The first kappa shape index (κ1) is 18.1. The average Bonchev–Trinajstić information content (AvgIpc) is 2.56. The second-order valence-electron chi connectivity index (χ2n) is 6.20. The Morgan fingerprint density at radius 1 is 0.958 bits per heavy atom. The summed E-state index contributed by atoms with van der Waals surface area (Å²) in [6, 6.07) is 12.2. The molecule has 2 rings (SSSR count). The molecular weight excluding hydrogens is 300 g/mol. The molecule has 0 atom stereocenters. The third-order valence-electron chi connectivity index (χ3n) is 4.54. The van der Waals surface area contributed by atoms with Crippen molar-refractivity contribution in [3.05, 3.63) is 53.1 Å². The maximum atomic E-state index is 10.8. The highest BCUT2D eigenvalue weighted by Crippen LogP contribution is 2.33. The molecule has 0 aliphatic heterocycles. The van der Waals surface area contributed by atoms with Gasteiger partial charge in [-0.2, -0.15) is 0 Å². The van der Waals surface area contributed by atoms with Gasteiger partial charge in [0.15, 0.2) is 0 Å². The van der Waals surface area contributed by atoms with E-state index in [0.717, 1.165) is 23.1 Å². The highest BCUT2D eigenvalue weighted by molar-refractivity contribution is 5.74. The molecule has 2 aromatic carbocycles. The fourth-order valence-electron chi connectivity index (χ4n) is 3.04. The summed E-state index contributed by atoms with van der Waals surface area (Å²) in [5.41, 5.74) is 5.67. The predicted octanol–water partition coefficient (Wildman–Crippen LogP) is 6.15. The Kier molecular flexibility index (Phi) is 6.42. The van der Waals surface area contributed by atoms with Gasteiger partial charge in [0.2, 0.25) is 0 Å². The van der Waals surface area contributed by atoms with Gasteiger partial charge in [-0.3, -0.25) is 0 Å². The van der Waals surface area contributed by atoms with E-state index in [1.807, 2.05) is 19.9 Å². The molecule has 0 spiro atoms. The second-order valence-corrected chi connectivity index (χ2v) is 6.20.